The first-order valence-electron chi connectivity index (χ1n) is 7.16. The van der Waals surface area contributed by atoms with Crippen LogP contribution in [0.4, 0.5) is 5.82 Å². The molecule has 0 unspecified atom stereocenters. The van der Waals surface area contributed by atoms with Gasteiger partial charge in [-0.2, -0.15) is 0 Å². The topological polar surface area (TPSA) is 58.1 Å². The van der Waals surface area contributed by atoms with Gasteiger partial charge in [0.05, 0.1) is 12.4 Å². The molecule has 0 atom stereocenters. The molecule has 0 bridgehead atoms. The molecule has 0 aliphatic carbocycles. The Kier molecular flexibility index (Phi) is 5.12. The zero-order chi connectivity index (χ0) is 13.5. The molecule has 1 saturated heterocycles. The first-order chi connectivity index (χ1) is 9.31. The van der Waals surface area contributed by atoms with Crippen LogP contribution in [-0.2, 0) is 0 Å². The number of nitrogens with one attached hydrogen (secondary N) is 1. The summed E-state index contributed by atoms with van der Waals surface area (Å²) in [4.78, 5) is 22.6. The van der Waals surface area contributed by atoms with E-state index in [1.807, 2.05) is 4.90 Å². The van der Waals surface area contributed by atoms with Gasteiger partial charge in [0.1, 0.15) is 11.5 Å². The minimum absolute atomic E-state index is 0.0106. The number of carbonyl (C=O) groups is 1. The second-order valence-corrected chi connectivity index (χ2v) is 4.92. The highest BCUT2D eigenvalue weighted by Crippen LogP contribution is 2.12. The molecule has 1 fully saturated rings. The highest BCUT2D eigenvalue weighted by Gasteiger charge is 2.18. The van der Waals surface area contributed by atoms with E-state index in [2.05, 4.69) is 22.2 Å². The zero-order valence-electron chi connectivity index (χ0n) is 11.6. The van der Waals surface area contributed by atoms with Crippen LogP contribution in [0.15, 0.2) is 12.4 Å². The lowest BCUT2D eigenvalue weighted by Crippen LogP contribution is -2.32. The van der Waals surface area contributed by atoms with Gasteiger partial charge in [0.15, 0.2) is 0 Å². The summed E-state index contributed by atoms with van der Waals surface area (Å²) in [6, 6.07) is 0. The van der Waals surface area contributed by atoms with E-state index < -0.39 is 0 Å². The lowest BCUT2D eigenvalue weighted by molar-refractivity contribution is 0.0755. The fraction of sp³-hybridized carbons (Fsp3) is 0.643. The zero-order valence-corrected chi connectivity index (χ0v) is 11.6. The molecule has 104 valence electrons. The van der Waals surface area contributed by atoms with Crippen LogP contribution in [0.25, 0.3) is 0 Å². The third-order valence-corrected chi connectivity index (χ3v) is 3.32. The standard InChI is InChI=1S/C14H22N4O/c1-2-7-15-13-11-16-12(10-17-13)14(19)18-8-5-3-4-6-9-18/h10-11H,2-9H2,1H3,(H,15,17). The Morgan fingerprint density at radius 1 is 1.21 bits per heavy atom. The Morgan fingerprint density at radius 2 is 1.95 bits per heavy atom. The summed E-state index contributed by atoms with van der Waals surface area (Å²) >= 11 is 0. The van der Waals surface area contributed by atoms with Gasteiger partial charge in [0.2, 0.25) is 0 Å². The summed E-state index contributed by atoms with van der Waals surface area (Å²) < 4.78 is 0. The number of nitrogens with zero attached hydrogens (tertiary/aromatic N) is 3. The normalized spacial score (nSPS) is 15.9. The van der Waals surface area contributed by atoms with Crippen molar-refractivity contribution >= 4 is 11.7 Å². The maximum atomic E-state index is 12.3. The van der Waals surface area contributed by atoms with Crippen LogP contribution in [0.5, 0.6) is 0 Å². The van der Waals surface area contributed by atoms with E-state index in [0.29, 0.717) is 5.69 Å². The molecule has 1 aliphatic heterocycles. The average molecular weight is 262 g/mol. The van der Waals surface area contributed by atoms with Crippen LogP contribution in [-0.4, -0.2) is 40.4 Å². The van der Waals surface area contributed by atoms with Crippen LogP contribution >= 0.6 is 0 Å². The summed E-state index contributed by atoms with van der Waals surface area (Å²) in [6.07, 6.45) is 8.87. The average Bonchev–Trinajstić information content (AvgIpc) is 2.74. The van der Waals surface area contributed by atoms with Crippen LogP contribution < -0.4 is 5.32 Å². The summed E-state index contributed by atoms with van der Waals surface area (Å²) in [7, 11) is 0. The second kappa shape index (κ2) is 7.07. The van der Waals surface area contributed by atoms with Crippen LogP contribution in [0.1, 0.15) is 49.5 Å². The van der Waals surface area contributed by atoms with Crippen LogP contribution in [0.3, 0.4) is 0 Å². The third kappa shape index (κ3) is 3.91. The Morgan fingerprint density at radius 3 is 2.53 bits per heavy atom. The second-order valence-electron chi connectivity index (χ2n) is 4.92. The molecule has 19 heavy (non-hydrogen) atoms. The van der Waals surface area contributed by atoms with Gasteiger partial charge >= 0.3 is 0 Å². The van der Waals surface area contributed by atoms with E-state index in [1.54, 1.807) is 12.4 Å². The number of hydrogen-bond donors (Lipinski definition) is 1. The molecular weight excluding hydrogens is 240 g/mol. The lowest BCUT2D eigenvalue weighted by Gasteiger charge is -2.19. The molecule has 0 radical (unpaired) electrons. The van der Waals surface area contributed by atoms with Crippen molar-refractivity contribution in [3.8, 4) is 0 Å². The SMILES string of the molecule is CCCNc1cnc(C(=O)N2CCCCCC2)cn1. The van der Waals surface area contributed by atoms with Crippen molar-refractivity contribution in [3.05, 3.63) is 18.1 Å². The molecule has 1 aromatic rings. The molecule has 5 nitrogen and oxygen atoms in total. The van der Waals surface area contributed by atoms with E-state index >= 15 is 0 Å². The monoisotopic (exact) mass is 262 g/mol. The predicted octanol–water partition coefficient (Wildman–Crippen LogP) is 2.31. The van der Waals surface area contributed by atoms with Crippen LogP contribution in [0.2, 0.25) is 0 Å². The van der Waals surface area contributed by atoms with E-state index in [0.717, 1.165) is 44.7 Å². The van der Waals surface area contributed by atoms with Gasteiger partial charge in [0, 0.05) is 19.6 Å². The smallest absolute Gasteiger partial charge is 0.274 e. The summed E-state index contributed by atoms with van der Waals surface area (Å²) in [6.45, 7) is 4.65. The number of aromatic nitrogens is 2. The molecule has 2 heterocycles. The number of amides is 1. The maximum Gasteiger partial charge on any atom is 0.274 e. The van der Waals surface area contributed by atoms with Gasteiger partial charge < -0.3 is 10.2 Å². The van der Waals surface area contributed by atoms with Gasteiger partial charge in [-0.25, -0.2) is 9.97 Å². The lowest BCUT2D eigenvalue weighted by atomic mass is 10.2. The molecule has 1 amide bonds. The van der Waals surface area contributed by atoms with Gasteiger partial charge in [-0.1, -0.05) is 19.8 Å². The van der Waals surface area contributed by atoms with Gasteiger partial charge in [-0.15, -0.1) is 0 Å². The predicted molar refractivity (Wildman–Crippen MR) is 75.2 cm³/mol. The molecule has 5 heteroatoms. The molecular formula is C14H22N4O. The van der Waals surface area contributed by atoms with Crippen molar-refractivity contribution in [2.24, 2.45) is 0 Å². The van der Waals surface area contributed by atoms with Crippen LogP contribution in [0, 0.1) is 0 Å². The van der Waals surface area contributed by atoms with Gasteiger partial charge in [-0.3, -0.25) is 4.79 Å². The number of carbonyl (C=O) groups excluding carboxylic acids is 1. The molecule has 1 N–H and O–H groups in total. The Labute approximate surface area is 114 Å². The summed E-state index contributed by atoms with van der Waals surface area (Å²) in [5.41, 5.74) is 0.448. The van der Waals surface area contributed by atoms with E-state index in [9.17, 15) is 4.79 Å². The number of rotatable bonds is 4. The van der Waals surface area contributed by atoms with Crippen molar-refractivity contribution < 1.29 is 4.79 Å². The molecule has 0 saturated carbocycles. The summed E-state index contributed by atoms with van der Waals surface area (Å²) in [5.74, 6) is 0.741. The first kappa shape index (κ1) is 13.8. The first-order valence-corrected chi connectivity index (χ1v) is 7.16. The molecule has 0 spiro atoms. The fourth-order valence-electron chi connectivity index (χ4n) is 2.22. The Bertz CT molecular complexity index is 396. The number of anilines is 1. The van der Waals surface area contributed by atoms with Crippen molar-refractivity contribution in [1.29, 1.82) is 0 Å². The minimum atomic E-state index is 0.0106. The maximum absolute atomic E-state index is 12.3. The van der Waals surface area contributed by atoms with Gasteiger partial charge in [-0.05, 0) is 19.3 Å². The minimum Gasteiger partial charge on any atom is -0.369 e. The van der Waals surface area contributed by atoms with Crippen molar-refractivity contribution in [1.82, 2.24) is 14.9 Å². The number of likely N-dealkylation sites (tertiary alicyclic amines) is 1. The summed E-state index contributed by atoms with van der Waals surface area (Å²) in [5, 5.41) is 3.15. The van der Waals surface area contributed by atoms with Crippen molar-refractivity contribution in [3.63, 3.8) is 0 Å². The van der Waals surface area contributed by atoms with Gasteiger partial charge in [0.25, 0.3) is 5.91 Å². The number of hydrogen-bond acceptors (Lipinski definition) is 4. The van der Waals surface area contributed by atoms with E-state index in [1.165, 1.54) is 12.8 Å². The van der Waals surface area contributed by atoms with Crippen molar-refractivity contribution in [2.45, 2.75) is 39.0 Å². The fourth-order valence-corrected chi connectivity index (χ4v) is 2.22. The highest BCUT2D eigenvalue weighted by molar-refractivity contribution is 5.92. The van der Waals surface area contributed by atoms with E-state index in [4.69, 9.17) is 0 Å². The third-order valence-electron chi connectivity index (χ3n) is 3.32. The molecule has 0 aromatic carbocycles. The largest absolute Gasteiger partial charge is 0.369 e. The highest BCUT2D eigenvalue weighted by atomic mass is 16.2. The van der Waals surface area contributed by atoms with E-state index in [-0.39, 0.29) is 5.91 Å². The Balaban J connectivity index is 1.98. The molecule has 1 aromatic heterocycles. The quantitative estimate of drug-likeness (QED) is 0.904. The molecule has 1 aliphatic rings. The Hall–Kier alpha value is -1.65. The molecule has 2 rings (SSSR count). The van der Waals surface area contributed by atoms with Crippen molar-refractivity contribution in [2.75, 3.05) is 25.0 Å².